The highest BCUT2D eigenvalue weighted by Gasteiger charge is 2.41. The topological polar surface area (TPSA) is 87.3 Å². The number of carboxylic acids is 1. The van der Waals surface area contributed by atoms with E-state index in [-0.39, 0.29) is 5.56 Å². The minimum absolute atomic E-state index is 0.140. The predicted octanol–water partition coefficient (Wildman–Crippen LogP) is 6.81. The van der Waals surface area contributed by atoms with Crippen LogP contribution in [0.3, 0.4) is 0 Å². The number of hydrogen-bond acceptors (Lipinski definition) is 6. The lowest BCUT2D eigenvalue weighted by atomic mass is 9.83. The Kier molecular flexibility index (Phi) is 7.61. The number of anilines is 1. The fourth-order valence-corrected chi connectivity index (χ4v) is 6.66. The van der Waals surface area contributed by atoms with E-state index in [1.54, 1.807) is 6.07 Å². The second-order valence-corrected chi connectivity index (χ2v) is 11.9. The summed E-state index contributed by atoms with van der Waals surface area (Å²) in [5.74, 6) is -0.577. The molecular weight excluding hydrogens is 566 g/mol. The molecule has 2 saturated heterocycles. The number of aromatic carboxylic acids is 1. The van der Waals surface area contributed by atoms with Gasteiger partial charge in [0.25, 0.3) is 0 Å². The first-order valence-electron chi connectivity index (χ1n) is 14.8. The Balaban J connectivity index is 1.07. The van der Waals surface area contributed by atoms with Gasteiger partial charge in [0.15, 0.2) is 5.79 Å². The summed E-state index contributed by atoms with van der Waals surface area (Å²) in [7, 11) is 0. The van der Waals surface area contributed by atoms with Crippen molar-refractivity contribution in [3.63, 3.8) is 0 Å². The number of H-pyrrole nitrogens is 1. The third kappa shape index (κ3) is 5.88. The predicted molar refractivity (Wildman–Crippen MR) is 167 cm³/mol. The van der Waals surface area contributed by atoms with Crippen molar-refractivity contribution in [1.29, 1.82) is 0 Å². The number of halogens is 1. The molecule has 4 aromatic rings. The number of aromatic nitrogens is 1. The summed E-state index contributed by atoms with van der Waals surface area (Å²) in [6, 6.07) is 21.2. The molecule has 7 rings (SSSR count). The van der Waals surface area contributed by atoms with Gasteiger partial charge in [0, 0.05) is 79.4 Å². The van der Waals surface area contributed by atoms with Gasteiger partial charge in [-0.2, -0.15) is 0 Å². The van der Waals surface area contributed by atoms with E-state index in [0.29, 0.717) is 24.7 Å². The molecular formula is C34H34ClN3O5. The number of piperazine rings is 1. The van der Waals surface area contributed by atoms with E-state index in [9.17, 15) is 9.90 Å². The van der Waals surface area contributed by atoms with E-state index in [0.717, 1.165) is 73.6 Å². The van der Waals surface area contributed by atoms with Crippen molar-refractivity contribution in [2.24, 2.45) is 0 Å². The lowest BCUT2D eigenvalue weighted by Gasteiger charge is -2.40. The Morgan fingerprint density at radius 3 is 2.53 bits per heavy atom. The first-order chi connectivity index (χ1) is 20.9. The highest BCUT2D eigenvalue weighted by molar-refractivity contribution is 6.30. The zero-order valence-electron chi connectivity index (χ0n) is 23.9. The molecule has 3 aliphatic rings. The molecule has 0 atom stereocenters. The number of ether oxygens (including phenoxy) is 3. The number of aromatic amines is 1. The average Bonchev–Trinajstić information content (AvgIpc) is 3.68. The highest BCUT2D eigenvalue weighted by atomic mass is 35.5. The summed E-state index contributed by atoms with van der Waals surface area (Å²) in [4.78, 5) is 20.0. The molecule has 1 aromatic heterocycles. The molecule has 2 aliphatic heterocycles. The molecule has 2 fully saturated rings. The molecule has 8 nitrogen and oxygen atoms in total. The van der Waals surface area contributed by atoms with Crippen LogP contribution in [0.2, 0.25) is 5.02 Å². The lowest BCUT2D eigenvalue weighted by molar-refractivity contribution is -0.162. The fraction of sp³-hybridized carbons (Fsp3) is 0.324. The Morgan fingerprint density at radius 2 is 1.77 bits per heavy atom. The second-order valence-electron chi connectivity index (χ2n) is 11.5. The molecule has 0 saturated carbocycles. The molecule has 0 radical (unpaired) electrons. The van der Waals surface area contributed by atoms with E-state index in [1.165, 1.54) is 16.7 Å². The Labute approximate surface area is 255 Å². The van der Waals surface area contributed by atoms with Gasteiger partial charge in [0.05, 0.1) is 13.2 Å². The molecule has 43 heavy (non-hydrogen) atoms. The fourth-order valence-electron chi connectivity index (χ4n) is 6.53. The van der Waals surface area contributed by atoms with Gasteiger partial charge in [0.1, 0.15) is 17.1 Å². The van der Waals surface area contributed by atoms with Gasteiger partial charge in [-0.3, -0.25) is 4.90 Å². The number of nitrogens with zero attached hydrogens (tertiary/aromatic N) is 2. The van der Waals surface area contributed by atoms with Crippen molar-refractivity contribution in [3.05, 3.63) is 94.6 Å². The average molecular weight is 600 g/mol. The normalized spacial score (nSPS) is 19.0. The van der Waals surface area contributed by atoms with Gasteiger partial charge in [-0.25, -0.2) is 4.79 Å². The number of allylic oxidation sites excluding steroid dienone is 1. The maximum atomic E-state index is 12.0. The van der Waals surface area contributed by atoms with Crippen molar-refractivity contribution in [2.45, 2.75) is 25.0 Å². The Bertz CT molecular complexity index is 1670. The monoisotopic (exact) mass is 599 g/mol. The number of nitrogens with one attached hydrogen (secondary N) is 1. The largest absolute Gasteiger partial charge is 0.478 e. The number of fused-ring (bicyclic) bond motifs is 1. The van der Waals surface area contributed by atoms with E-state index >= 15 is 0 Å². The van der Waals surface area contributed by atoms with Crippen molar-refractivity contribution in [2.75, 3.05) is 50.8 Å². The minimum Gasteiger partial charge on any atom is -0.478 e. The zero-order chi connectivity index (χ0) is 29.4. The van der Waals surface area contributed by atoms with Gasteiger partial charge < -0.3 is 29.2 Å². The van der Waals surface area contributed by atoms with Gasteiger partial charge in [-0.1, -0.05) is 23.7 Å². The summed E-state index contributed by atoms with van der Waals surface area (Å²) in [5, 5.41) is 11.6. The summed E-state index contributed by atoms with van der Waals surface area (Å²) in [6.07, 6.45) is 4.41. The Hall–Kier alpha value is -3.82. The van der Waals surface area contributed by atoms with Crippen LogP contribution in [0.4, 0.5) is 5.69 Å². The summed E-state index contributed by atoms with van der Waals surface area (Å²) in [5.41, 5.74) is 6.04. The van der Waals surface area contributed by atoms with Crippen LogP contribution in [0.25, 0.3) is 16.5 Å². The van der Waals surface area contributed by atoms with Crippen LogP contribution in [0.5, 0.6) is 11.5 Å². The zero-order valence-corrected chi connectivity index (χ0v) is 24.6. The SMILES string of the molecule is O=C(O)c1ccc(N2CCN(CC3=C(c4ccc(Cl)cc4)CCC4(C3)OCCO4)CC2)cc1Oc1ccc2[nH]ccc2c1. The highest BCUT2D eigenvalue weighted by Crippen LogP contribution is 2.43. The van der Waals surface area contributed by atoms with Crippen LogP contribution >= 0.6 is 11.6 Å². The van der Waals surface area contributed by atoms with Gasteiger partial charge >= 0.3 is 5.97 Å². The molecule has 1 aliphatic carbocycles. The van der Waals surface area contributed by atoms with Gasteiger partial charge in [-0.05, 0) is 71.7 Å². The van der Waals surface area contributed by atoms with Crippen LogP contribution < -0.4 is 9.64 Å². The lowest BCUT2D eigenvalue weighted by Crippen LogP contribution is -2.47. The third-order valence-electron chi connectivity index (χ3n) is 8.77. The van der Waals surface area contributed by atoms with Crippen LogP contribution in [-0.2, 0) is 9.47 Å². The van der Waals surface area contributed by atoms with Crippen molar-refractivity contribution >= 4 is 39.7 Å². The second kappa shape index (κ2) is 11.7. The standard InChI is InChI=1S/C34H34ClN3O5/c35-26-3-1-23(2-4-26)29-9-11-34(41-17-18-42-34)21-25(29)22-37-13-15-38(16-14-37)27-5-7-30(33(39)40)32(20-27)43-28-6-8-31-24(19-28)10-12-36-31/h1-8,10,12,19-20,36H,9,11,13-18,21-22H2,(H,39,40). The number of carboxylic acid groups (broad SMARTS) is 1. The third-order valence-corrected chi connectivity index (χ3v) is 9.02. The van der Waals surface area contributed by atoms with Crippen molar-refractivity contribution < 1.29 is 24.1 Å². The molecule has 1 spiro atoms. The summed E-state index contributed by atoms with van der Waals surface area (Å²) < 4.78 is 18.4. The van der Waals surface area contributed by atoms with E-state index in [4.69, 9.17) is 25.8 Å². The maximum Gasteiger partial charge on any atom is 0.339 e. The first-order valence-corrected chi connectivity index (χ1v) is 15.2. The number of carbonyl (C=O) groups is 1. The van der Waals surface area contributed by atoms with Crippen LogP contribution in [0.15, 0.2) is 78.5 Å². The molecule has 0 unspecified atom stereocenters. The summed E-state index contributed by atoms with van der Waals surface area (Å²) in [6.45, 7) is 5.56. The van der Waals surface area contributed by atoms with E-state index in [2.05, 4.69) is 26.9 Å². The van der Waals surface area contributed by atoms with Crippen molar-refractivity contribution in [3.8, 4) is 11.5 Å². The molecule has 9 heteroatoms. The number of hydrogen-bond donors (Lipinski definition) is 2. The number of benzene rings is 3. The van der Waals surface area contributed by atoms with Crippen molar-refractivity contribution in [1.82, 2.24) is 9.88 Å². The van der Waals surface area contributed by atoms with Crippen LogP contribution in [-0.4, -0.2) is 72.7 Å². The summed E-state index contributed by atoms with van der Waals surface area (Å²) >= 11 is 6.19. The number of rotatable bonds is 7. The van der Waals surface area contributed by atoms with E-state index in [1.807, 2.05) is 54.7 Å². The Morgan fingerprint density at radius 1 is 0.977 bits per heavy atom. The molecule has 3 heterocycles. The minimum atomic E-state index is -1.01. The maximum absolute atomic E-state index is 12.0. The van der Waals surface area contributed by atoms with Gasteiger partial charge in [0.2, 0.25) is 0 Å². The quantitative estimate of drug-likeness (QED) is 0.241. The first kappa shape index (κ1) is 28.0. The molecule has 0 bridgehead atoms. The smallest absolute Gasteiger partial charge is 0.339 e. The van der Waals surface area contributed by atoms with Gasteiger partial charge in [-0.15, -0.1) is 0 Å². The molecule has 2 N–H and O–H groups in total. The van der Waals surface area contributed by atoms with Crippen LogP contribution in [0.1, 0.15) is 35.2 Å². The molecule has 3 aromatic carbocycles. The van der Waals surface area contributed by atoms with E-state index < -0.39 is 11.8 Å². The van der Waals surface area contributed by atoms with Crippen LogP contribution in [0, 0.1) is 0 Å². The molecule has 0 amide bonds. The molecule has 222 valence electrons.